The van der Waals surface area contributed by atoms with Crippen molar-refractivity contribution in [3.05, 3.63) is 39.6 Å². The summed E-state index contributed by atoms with van der Waals surface area (Å²) in [5, 5.41) is 0. The van der Waals surface area contributed by atoms with Gasteiger partial charge in [-0.25, -0.2) is 15.0 Å². The van der Waals surface area contributed by atoms with Crippen LogP contribution in [0.25, 0.3) is 0 Å². The molecule has 2 aromatic rings. The average Bonchev–Trinajstić information content (AvgIpc) is 2.92. The molecule has 2 aromatic heterocycles. The lowest BCUT2D eigenvalue weighted by molar-refractivity contribution is 0.122. The number of fused-ring (bicyclic) bond motifs is 1. The zero-order chi connectivity index (χ0) is 18.6. The first-order valence-corrected chi connectivity index (χ1v) is 9.25. The maximum Gasteiger partial charge on any atom is 0.316 e. The van der Waals surface area contributed by atoms with Crippen LogP contribution in [0.4, 0.5) is 5.95 Å². The van der Waals surface area contributed by atoms with Crippen LogP contribution in [0.3, 0.4) is 0 Å². The van der Waals surface area contributed by atoms with Gasteiger partial charge in [0.15, 0.2) is 0 Å². The SMILES string of the molecule is COc1ncc(CN2CCc3nc(N4CCOCC4)[nH]c(=O)c3CC2)cn1. The normalized spacial score (nSPS) is 18.0. The minimum Gasteiger partial charge on any atom is -0.467 e. The Morgan fingerprint density at radius 3 is 2.63 bits per heavy atom. The summed E-state index contributed by atoms with van der Waals surface area (Å²) >= 11 is 0. The molecule has 0 aromatic carbocycles. The number of methoxy groups -OCH3 is 1. The summed E-state index contributed by atoms with van der Waals surface area (Å²) < 4.78 is 10.4. The standard InChI is InChI=1S/C18H24N6O3/c1-26-18-19-10-13(11-20-18)12-23-4-2-14-15(3-5-23)21-17(22-16(14)25)24-6-8-27-9-7-24/h10-11H,2-9,12H2,1H3,(H,21,22,25). The summed E-state index contributed by atoms with van der Waals surface area (Å²) in [5.74, 6) is 0.666. The second-order valence-electron chi connectivity index (χ2n) is 6.77. The first kappa shape index (κ1) is 17.9. The van der Waals surface area contributed by atoms with Crippen LogP contribution in [-0.2, 0) is 24.1 Å². The number of morpholine rings is 1. The first-order valence-electron chi connectivity index (χ1n) is 9.25. The minimum absolute atomic E-state index is 0.0175. The molecule has 9 nitrogen and oxygen atoms in total. The Bertz CT molecular complexity index is 832. The molecule has 4 heterocycles. The smallest absolute Gasteiger partial charge is 0.316 e. The van der Waals surface area contributed by atoms with Gasteiger partial charge >= 0.3 is 6.01 Å². The molecule has 1 saturated heterocycles. The lowest BCUT2D eigenvalue weighted by Crippen LogP contribution is -2.38. The summed E-state index contributed by atoms with van der Waals surface area (Å²) in [6.45, 7) is 5.23. The fourth-order valence-electron chi connectivity index (χ4n) is 3.51. The molecule has 1 N–H and O–H groups in total. The first-order chi connectivity index (χ1) is 13.2. The maximum absolute atomic E-state index is 12.6. The van der Waals surface area contributed by atoms with Gasteiger partial charge < -0.3 is 14.4 Å². The van der Waals surface area contributed by atoms with E-state index >= 15 is 0 Å². The van der Waals surface area contributed by atoms with Gasteiger partial charge in [0, 0.05) is 62.7 Å². The maximum atomic E-state index is 12.6. The third-order valence-electron chi connectivity index (χ3n) is 5.01. The van der Waals surface area contributed by atoms with E-state index < -0.39 is 0 Å². The Kier molecular flexibility index (Phi) is 5.30. The molecule has 4 rings (SSSR count). The summed E-state index contributed by atoms with van der Waals surface area (Å²) in [5.41, 5.74) is 2.72. The Hall–Kier alpha value is -2.52. The van der Waals surface area contributed by atoms with Gasteiger partial charge in [-0.05, 0) is 6.42 Å². The van der Waals surface area contributed by atoms with Crippen LogP contribution in [-0.4, -0.2) is 71.3 Å². The molecule has 0 radical (unpaired) electrons. The molecule has 27 heavy (non-hydrogen) atoms. The summed E-state index contributed by atoms with van der Waals surface area (Å²) in [4.78, 5) is 33.1. The van der Waals surface area contributed by atoms with Crippen molar-refractivity contribution in [1.29, 1.82) is 0 Å². The molecule has 0 unspecified atom stereocenters. The highest BCUT2D eigenvalue weighted by molar-refractivity contribution is 5.34. The van der Waals surface area contributed by atoms with Crippen molar-refractivity contribution in [3.8, 4) is 6.01 Å². The number of hydrogen-bond acceptors (Lipinski definition) is 8. The van der Waals surface area contributed by atoms with Gasteiger partial charge in [-0.2, -0.15) is 0 Å². The number of anilines is 1. The zero-order valence-corrected chi connectivity index (χ0v) is 15.5. The number of rotatable bonds is 4. The molecule has 2 aliphatic heterocycles. The Balaban J connectivity index is 1.47. The molecule has 2 aliphatic rings. The molecule has 0 saturated carbocycles. The van der Waals surface area contributed by atoms with E-state index in [0.29, 0.717) is 31.6 Å². The van der Waals surface area contributed by atoms with Gasteiger partial charge in [0.2, 0.25) is 5.95 Å². The van der Waals surface area contributed by atoms with E-state index in [1.165, 1.54) is 0 Å². The van der Waals surface area contributed by atoms with Gasteiger partial charge in [-0.3, -0.25) is 14.7 Å². The van der Waals surface area contributed by atoms with Crippen LogP contribution in [0.1, 0.15) is 16.8 Å². The van der Waals surface area contributed by atoms with E-state index in [4.69, 9.17) is 14.5 Å². The highest BCUT2D eigenvalue weighted by Gasteiger charge is 2.21. The highest BCUT2D eigenvalue weighted by atomic mass is 16.5. The monoisotopic (exact) mass is 372 g/mol. The minimum atomic E-state index is -0.0175. The molecule has 1 fully saturated rings. The van der Waals surface area contributed by atoms with Crippen LogP contribution in [0.2, 0.25) is 0 Å². The van der Waals surface area contributed by atoms with Gasteiger partial charge in [0.25, 0.3) is 5.56 Å². The molecule has 0 amide bonds. The fraction of sp³-hybridized carbons (Fsp3) is 0.556. The predicted octanol–water partition coefficient (Wildman–Crippen LogP) is 0.00590. The molecule has 9 heteroatoms. The van der Waals surface area contributed by atoms with E-state index in [1.54, 1.807) is 19.5 Å². The lowest BCUT2D eigenvalue weighted by Gasteiger charge is -2.27. The van der Waals surface area contributed by atoms with Crippen LogP contribution in [0.5, 0.6) is 6.01 Å². The van der Waals surface area contributed by atoms with E-state index in [9.17, 15) is 4.79 Å². The number of aromatic nitrogens is 4. The second kappa shape index (κ2) is 8.01. The molecular formula is C18H24N6O3. The zero-order valence-electron chi connectivity index (χ0n) is 15.5. The average molecular weight is 372 g/mol. The van der Waals surface area contributed by atoms with Gasteiger partial charge in [-0.1, -0.05) is 0 Å². The Labute approximate surface area is 157 Å². The number of aromatic amines is 1. The summed E-state index contributed by atoms with van der Waals surface area (Å²) in [6, 6.07) is 0.369. The van der Waals surface area contributed by atoms with Crippen molar-refractivity contribution in [3.63, 3.8) is 0 Å². The predicted molar refractivity (Wildman–Crippen MR) is 99.2 cm³/mol. The van der Waals surface area contributed by atoms with Crippen molar-refractivity contribution in [2.75, 3.05) is 51.4 Å². The summed E-state index contributed by atoms with van der Waals surface area (Å²) in [6.07, 6.45) is 5.02. The quantitative estimate of drug-likeness (QED) is 0.802. The van der Waals surface area contributed by atoms with Crippen molar-refractivity contribution < 1.29 is 9.47 Å². The third-order valence-corrected chi connectivity index (χ3v) is 5.01. The van der Waals surface area contributed by atoms with E-state index in [1.807, 2.05) is 0 Å². The highest BCUT2D eigenvalue weighted by Crippen LogP contribution is 2.16. The van der Waals surface area contributed by atoms with Crippen LogP contribution in [0, 0.1) is 0 Å². The van der Waals surface area contributed by atoms with E-state index in [-0.39, 0.29) is 5.56 Å². The second-order valence-corrected chi connectivity index (χ2v) is 6.77. The number of ether oxygens (including phenoxy) is 2. The molecule has 0 aliphatic carbocycles. The Morgan fingerprint density at radius 1 is 1.15 bits per heavy atom. The topological polar surface area (TPSA) is 96.5 Å². The van der Waals surface area contributed by atoms with Crippen molar-refractivity contribution in [2.24, 2.45) is 0 Å². The number of nitrogens with one attached hydrogen (secondary N) is 1. The number of nitrogens with zero attached hydrogens (tertiary/aromatic N) is 5. The van der Waals surface area contributed by atoms with Crippen molar-refractivity contribution in [2.45, 2.75) is 19.4 Å². The fourth-order valence-corrected chi connectivity index (χ4v) is 3.51. The Morgan fingerprint density at radius 2 is 1.89 bits per heavy atom. The van der Waals surface area contributed by atoms with Gasteiger partial charge in [0.05, 0.1) is 26.0 Å². The van der Waals surface area contributed by atoms with Gasteiger partial charge in [-0.15, -0.1) is 0 Å². The molecule has 0 spiro atoms. The molecule has 0 bridgehead atoms. The number of H-pyrrole nitrogens is 1. The van der Waals surface area contributed by atoms with Gasteiger partial charge in [0.1, 0.15) is 0 Å². The van der Waals surface area contributed by atoms with Crippen LogP contribution < -0.4 is 15.2 Å². The summed E-state index contributed by atoms with van der Waals surface area (Å²) in [7, 11) is 1.55. The van der Waals surface area contributed by atoms with Crippen molar-refractivity contribution >= 4 is 5.95 Å². The molecule has 0 atom stereocenters. The number of hydrogen-bond donors (Lipinski definition) is 1. The largest absolute Gasteiger partial charge is 0.467 e. The van der Waals surface area contributed by atoms with Crippen LogP contribution in [0.15, 0.2) is 17.2 Å². The lowest BCUT2D eigenvalue weighted by atomic mass is 10.1. The molecular weight excluding hydrogens is 348 g/mol. The van der Waals surface area contributed by atoms with Crippen molar-refractivity contribution in [1.82, 2.24) is 24.8 Å². The van der Waals surface area contributed by atoms with Crippen LogP contribution >= 0.6 is 0 Å². The van der Waals surface area contributed by atoms with E-state index in [2.05, 4.69) is 24.8 Å². The van der Waals surface area contributed by atoms with E-state index in [0.717, 1.165) is 56.0 Å². The third kappa shape index (κ3) is 4.09. The molecule has 144 valence electrons.